The van der Waals surface area contributed by atoms with Crippen LogP contribution >= 0.6 is 0 Å². The van der Waals surface area contributed by atoms with Crippen LogP contribution in [0, 0.1) is 0 Å². The van der Waals surface area contributed by atoms with Gasteiger partial charge in [0, 0.05) is 7.05 Å². The number of hydrogen-bond acceptors (Lipinski definition) is 4. The second-order valence-electron chi connectivity index (χ2n) is 4.76. The molecule has 2 aliphatic rings. The SMILES string of the molecule is Cn1ncc(N)c1C(=O)NC1CC2CCC1O2. The Morgan fingerprint density at radius 1 is 1.65 bits per heavy atom. The van der Waals surface area contributed by atoms with Crippen molar-refractivity contribution in [1.82, 2.24) is 15.1 Å². The third-order valence-electron chi connectivity index (χ3n) is 3.60. The lowest BCUT2D eigenvalue weighted by Crippen LogP contribution is -2.42. The number of fused-ring (bicyclic) bond motifs is 2. The number of aromatic nitrogens is 2. The average molecular weight is 236 g/mol. The highest BCUT2D eigenvalue weighted by Crippen LogP contribution is 2.34. The number of carbonyl (C=O) groups excluding carboxylic acids is 1. The Hall–Kier alpha value is -1.56. The monoisotopic (exact) mass is 236 g/mol. The number of ether oxygens (including phenoxy) is 1. The standard InChI is InChI=1S/C11H16N4O2/c1-15-10(7(12)5-13-15)11(16)14-8-4-6-2-3-9(8)17-6/h5-6,8-9H,2-4,12H2,1H3,(H,14,16). The maximum absolute atomic E-state index is 12.1. The van der Waals surface area contributed by atoms with Crippen LogP contribution in [0.25, 0.3) is 0 Å². The average Bonchev–Trinajstić information content (AvgIpc) is 2.94. The Balaban J connectivity index is 1.72. The van der Waals surface area contributed by atoms with Gasteiger partial charge in [0.2, 0.25) is 0 Å². The Morgan fingerprint density at radius 3 is 3.00 bits per heavy atom. The molecule has 3 atom stereocenters. The summed E-state index contributed by atoms with van der Waals surface area (Å²) in [5, 5.41) is 6.95. The van der Waals surface area contributed by atoms with Gasteiger partial charge in [-0.15, -0.1) is 0 Å². The predicted molar refractivity (Wildman–Crippen MR) is 61.4 cm³/mol. The minimum Gasteiger partial charge on any atom is -0.396 e. The number of carbonyl (C=O) groups is 1. The molecule has 3 rings (SSSR count). The molecule has 0 spiro atoms. The molecule has 1 amide bonds. The van der Waals surface area contributed by atoms with E-state index in [0.717, 1.165) is 19.3 Å². The highest BCUT2D eigenvalue weighted by Gasteiger charge is 2.41. The zero-order valence-electron chi connectivity index (χ0n) is 9.72. The van der Waals surface area contributed by atoms with Crippen LogP contribution in [0.2, 0.25) is 0 Å². The Kier molecular flexibility index (Phi) is 2.32. The molecular weight excluding hydrogens is 220 g/mol. The first kappa shape index (κ1) is 10.6. The van der Waals surface area contributed by atoms with Crippen LogP contribution in [0.4, 0.5) is 5.69 Å². The minimum atomic E-state index is -0.163. The van der Waals surface area contributed by atoms with Gasteiger partial charge in [0.05, 0.1) is 30.1 Å². The summed E-state index contributed by atoms with van der Waals surface area (Å²) >= 11 is 0. The summed E-state index contributed by atoms with van der Waals surface area (Å²) in [6.45, 7) is 0. The van der Waals surface area contributed by atoms with E-state index >= 15 is 0 Å². The smallest absolute Gasteiger partial charge is 0.271 e. The van der Waals surface area contributed by atoms with Crippen molar-refractivity contribution in [1.29, 1.82) is 0 Å². The van der Waals surface area contributed by atoms with Crippen molar-refractivity contribution < 1.29 is 9.53 Å². The van der Waals surface area contributed by atoms with E-state index in [9.17, 15) is 4.79 Å². The van der Waals surface area contributed by atoms with Crippen LogP contribution < -0.4 is 11.1 Å². The van der Waals surface area contributed by atoms with Gasteiger partial charge in [0.1, 0.15) is 5.69 Å². The molecule has 1 aromatic rings. The summed E-state index contributed by atoms with van der Waals surface area (Å²) in [7, 11) is 1.71. The largest absolute Gasteiger partial charge is 0.396 e. The van der Waals surface area contributed by atoms with Crippen LogP contribution in [0.3, 0.4) is 0 Å². The molecule has 0 aliphatic carbocycles. The van der Waals surface area contributed by atoms with E-state index in [2.05, 4.69) is 10.4 Å². The van der Waals surface area contributed by atoms with Crippen molar-refractivity contribution in [3.63, 3.8) is 0 Å². The fourth-order valence-corrected chi connectivity index (χ4v) is 2.76. The van der Waals surface area contributed by atoms with Gasteiger partial charge in [-0.25, -0.2) is 0 Å². The number of nitrogens with one attached hydrogen (secondary N) is 1. The van der Waals surface area contributed by atoms with Gasteiger partial charge in [-0.05, 0) is 19.3 Å². The third kappa shape index (κ3) is 1.68. The maximum atomic E-state index is 12.1. The number of nitrogens with two attached hydrogens (primary N) is 1. The van der Waals surface area contributed by atoms with Gasteiger partial charge in [-0.3, -0.25) is 9.48 Å². The molecule has 92 valence electrons. The molecule has 2 aliphatic heterocycles. The molecule has 3 N–H and O–H groups in total. The number of amides is 1. The molecule has 0 aromatic carbocycles. The second kappa shape index (κ2) is 3.73. The molecule has 1 aromatic heterocycles. The van der Waals surface area contributed by atoms with Crippen molar-refractivity contribution in [2.24, 2.45) is 7.05 Å². The van der Waals surface area contributed by atoms with Gasteiger partial charge < -0.3 is 15.8 Å². The van der Waals surface area contributed by atoms with Crippen molar-refractivity contribution in [2.75, 3.05) is 5.73 Å². The summed E-state index contributed by atoms with van der Waals surface area (Å²) < 4.78 is 7.19. The highest BCUT2D eigenvalue weighted by atomic mass is 16.5. The Morgan fingerprint density at radius 2 is 2.47 bits per heavy atom. The molecule has 17 heavy (non-hydrogen) atoms. The van der Waals surface area contributed by atoms with Gasteiger partial charge in [0.15, 0.2) is 0 Å². The topological polar surface area (TPSA) is 82.2 Å². The fraction of sp³-hybridized carbons (Fsp3) is 0.636. The van der Waals surface area contributed by atoms with Crippen LogP contribution in [-0.4, -0.2) is 33.9 Å². The molecular formula is C11H16N4O2. The lowest BCUT2D eigenvalue weighted by Gasteiger charge is -2.20. The van der Waals surface area contributed by atoms with E-state index in [1.807, 2.05) is 0 Å². The molecule has 0 saturated carbocycles. The molecule has 2 saturated heterocycles. The zero-order chi connectivity index (χ0) is 12.0. The first-order valence-corrected chi connectivity index (χ1v) is 5.89. The number of aryl methyl sites for hydroxylation is 1. The van der Waals surface area contributed by atoms with E-state index in [1.165, 1.54) is 10.9 Å². The number of nitrogen functional groups attached to an aromatic ring is 1. The van der Waals surface area contributed by atoms with Crippen molar-refractivity contribution in [2.45, 2.75) is 37.5 Å². The molecule has 3 heterocycles. The van der Waals surface area contributed by atoms with E-state index in [-0.39, 0.29) is 18.1 Å². The Labute approximate surface area is 99.1 Å². The third-order valence-corrected chi connectivity index (χ3v) is 3.60. The van der Waals surface area contributed by atoms with E-state index in [0.29, 0.717) is 17.5 Å². The van der Waals surface area contributed by atoms with Crippen molar-refractivity contribution in [3.05, 3.63) is 11.9 Å². The quantitative estimate of drug-likeness (QED) is 0.760. The van der Waals surface area contributed by atoms with Crippen LogP contribution in [0.15, 0.2) is 6.20 Å². The molecule has 2 bridgehead atoms. The highest BCUT2D eigenvalue weighted by molar-refractivity contribution is 5.97. The van der Waals surface area contributed by atoms with E-state index in [4.69, 9.17) is 10.5 Å². The first-order chi connectivity index (χ1) is 8.15. The zero-order valence-corrected chi connectivity index (χ0v) is 9.72. The summed E-state index contributed by atoms with van der Waals surface area (Å²) in [6.07, 6.45) is 5.06. The number of rotatable bonds is 2. The Bertz CT molecular complexity index is 437. The van der Waals surface area contributed by atoms with E-state index < -0.39 is 0 Å². The number of anilines is 1. The second-order valence-corrected chi connectivity index (χ2v) is 4.76. The van der Waals surface area contributed by atoms with Crippen LogP contribution in [0.5, 0.6) is 0 Å². The van der Waals surface area contributed by atoms with Crippen LogP contribution in [0.1, 0.15) is 29.8 Å². The lowest BCUT2D eigenvalue weighted by molar-refractivity contribution is 0.0835. The van der Waals surface area contributed by atoms with Gasteiger partial charge in [-0.1, -0.05) is 0 Å². The minimum absolute atomic E-state index is 0.121. The first-order valence-electron chi connectivity index (χ1n) is 5.89. The lowest BCUT2D eigenvalue weighted by atomic mass is 9.95. The van der Waals surface area contributed by atoms with Gasteiger partial charge in [0.25, 0.3) is 5.91 Å². The van der Waals surface area contributed by atoms with Crippen molar-refractivity contribution in [3.8, 4) is 0 Å². The summed E-state index contributed by atoms with van der Waals surface area (Å²) in [6, 6.07) is 0.121. The molecule has 0 radical (unpaired) electrons. The molecule has 2 fully saturated rings. The fourth-order valence-electron chi connectivity index (χ4n) is 2.76. The normalized spacial score (nSPS) is 30.8. The molecule has 3 unspecified atom stereocenters. The van der Waals surface area contributed by atoms with Gasteiger partial charge in [-0.2, -0.15) is 5.10 Å². The summed E-state index contributed by atoms with van der Waals surface area (Å²) in [5.41, 5.74) is 6.55. The maximum Gasteiger partial charge on any atom is 0.271 e. The van der Waals surface area contributed by atoms with Gasteiger partial charge >= 0.3 is 0 Å². The summed E-state index contributed by atoms with van der Waals surface area (Å²) in [5.74, 6) is -0.163. The van der Waals surface area contributed by atoms with E-state index in [1.54, 1.807) is 7.05 Å². The molecule has 6 heteroatoms. The predicted octanol–water partition coefficient (Wildman–Crippen LogP) is 0.0520. The van der Waals surface area contributed by atoms with Crippen LogP contribution in [-0.2, 0) is 11.8 Å². The number of nitrogens with zero attached hydrogens (tertiary/aromatic N) is 2. The molecule has 6 nitrogen and oxygen atoms in total. The summed E-state index contributed by atoms with van der Waals surface area (Å²) in [4.78, 5) is 12.1. The van der Waals surface area contributed by atoms with Crippen molar-refractivity contribution >= 4 is 11.6 Å². The number of hydrogen-bond donors (Lipinski definition) is 2.